The number of hydrogen-bond donors (Lipinski definition) is 1. The standard InChI is InChI=1S/C17H13BrFN3O2/c18-14-9-11(4-8-16-21-22-17(20)24-16)3-7-15(14)23-10-12-1-5-13(19)6-2-12/h1-9H,10H2,(H2,20,22)/b8-4+. The van der Waals surface area contributed by atoms with Gasteiger partial charge in [0, 0.05) is 6.08 Å². The van der Waals surface area contributed by atoms with E-state index in [1.165, 1.54) is 12.1 Å². The maximum Gasteiger partial charge on any atom is 0.313 e. The molecular formula is C17H13BrFN3O2. The molecule has 122 valence electrons. The van der Waals surface area contributed by atoms with Crippen LogP contribution >= 0.6 is 15.9 Å². The van der Waals surface area contributed by atoms with Crippen LogP contribution in [0.5, 0.6) is 5.75 Å². The largest absolute Gasteiger partial charge is 0.488 e. The van der Waals surface area contributed by atoms with E-state index >= 15 is 0 Å². The third kappa shape index (κ3) is 4.20. The Balaban J connectivity index is 1.65. The SMILES string of the molecule is Nc1nnc(/C=C/c2ccc(OCc3ccc(F)cc3)c(Br)c2)o1. The number of ether oxygens (including phenoxy) is 1. The van der Waals surface area contributed by atoms with Gasteiger partial charge < -0.3 is 14.9 Å². The lowest BCUT2D eigenvalue weighted by molar-refractivity contribution is 0.304. The number of anilines is 1. The van der Waals surface area contributed by atoms with E-state index in [9.17, 15) is 4.39 Å². The van der Waals surface area contributed by atoms with Gasteiger partial charge in [0.25, 0.3) is 0 Å². The fourth-order valence-corrected chi connectivity index (χ4v) is 2.47. The van der Waals surface area contributed by atoms with Gasteiger partial charge in [-0.3, -0.25) is 0 Å². The minimum absolute atomic E-state index is 0.0281. The maximum atomic E-state index is 12.9. The van der Waals surface area contributed by atoms with Gasteiger partial charge in [-0.05, 0) is 57.4 Å². The van der Waals surface area contributed by atoms with Gasteiger partial charge in [-0.1, -0.05) is 23.3 Å². The molecule has 0 unspecified atom stereocenters. The summed E-state index contributed by atoms with van der Waals surface area (Å²) in [5.41, 5.74) is 7.18. The Morgan fingerprint density at radius 1 is 1.12 bits per heavy atom. The second kappa shape index (κ2) is 7.27. The summed E-state index contributed by atoms with van der Waals surface area (Å²) < 4.78 is 24.5. The number of nitrogen functional groups attached to an aromatic ring is 1. The van der Waals surface area contributed by atoms with Crippen LogP contribution in [0, 0.1) is 5.82 Å². The molecular weight excluding hydrogens is 377 g/mol. The van der Waals surface area contributed by atoms with Crippen molar-refractivity contribution < 1.29 is 13.5 Å². The number of hydrogen-bond acceptors (Lipinski definition) is 5. The molecule has 0 atom stereocenters. The zero-order chi connectivity index (χ0) is 16.9. The van der Waals surface area contributed by atoms with Crippen LogP contribution in [-0.2, 0) is 6.61 Å². The first-order valence-electron chi connectivity index (χ1n) is 7.04. The fraction of sp³-hybridized carbons (Fsp3) is 0.0588. The highest BCUT2D eigenvalue weighted by Crippen LogP contribution is 2.27. The molecule has 0 aliphatic heterocycles. The van der Waals surface area contributed by atoms with Gasteiger partial charge in [0.05, 0.1) is 4.47 Å². The van der Waals surface area contributed by atoms with Crippen molar-refractivity contribution >= 4 is 34.1 Å². The van der Waals surface area contributed by atoms with Crippen LogP contribution in [0.2, 0.25) is 0 Å². The van der Waals surface area contributed by atoms with Crippen molar-refractivity contribution in [3.05, 3.63) is 69.8 Å². The molecule has 1 aromatic heterocycles. The molecule has 3 rings (SSSR count). The summed E-state index contributed by atoms with van der Waals surface area (Å²) in [4.78, 5) is 0. The molecule has 0 aliphatic carbocycles. The van der Waals surface area contributed by atoms with Crippen LogP contribution in [0.4, 0.5) is 10.4 Å². The first-order chi connectivity index (χ1) is 11.6. The zero-order valence-corrected chi connectivity index (χ0v) is 14.0. The van der Waals surface area contributed by atoms with Crippen LogP contribution in [0.15, 0.2) is 51.4 Å². The number of nitrogens with two attached hydrogens (primary N) is 1. The fourth-order valence-electron chi connectivity index (χ4n) is 1.96. The van der Waals surface area contributed by atoms with Crippen LogP contribution in [-0.4, -0.2) is 10.2 Å². The minimum Gasteiger partial charge on any atom is -0.488 e. The van der Waals surface area contributed by atoms with Gasteiger partial charge in [-0.2, -0.15) is 0 Å². The molecule has 5 nitrogen and oxygen atoms in total. The van der Waals surface area contributed by atoms with E-state index in [0.717, 1.165) is 15.6 Å². The molecule has 0 spiro atoms. The van der Waals surface area contributed by atoms with Crippen LogP contribution in [0.1, 0.15) is 17.0 Å². The maximum absolute atomic E-state index is 12.9. The summed E-state index contributed by atoms with van der Waals surface area (Å²) >= 11 is 3.47. The topological polar surface area (TPSA) is 74.2 Å². The summed E-state index contributed by atoms with van der Waals surface area (Å²) in [5, 5.41) is 7.32. The Kier molecular flexibility index (Phi) is 4.90. The van der Waals surface area contributed by atoms with Crippen LogP contribution < -0.4 is 10.5 Å². The molecule has 0 aliphatic rings. The second-order valence-corrected chi connectivity index (χ2v) is 5.77. The van der Waals surface area contributed by atoms with Crippen LogP contribution in [0.25, 0.3) is 12.2 Å². The third-order valence-electron chi connectivity index (χ3n) is 3.14. The second-order valence-electron chi connectivity index (χ2n) is 4.92. The van der Waals surface area contributed by atoms with E-state index in [-0.39, 0.29) is 11.8 Å². The first kappa shape index (κ1) is 16.2. The number of halogens is 2. The van der Waals surface area contributed by atoms with Gasteiger partial charge in [0.1, 0.15) is 18.2 Å². The Morgan fingerprint density at radius 2 is 1.92 bits per heavy atom. The number of aromatic nitrogens is 2. The predicted molar refractivity (Wildman–Crippen MR) is 92.5 cm³/mol. The Labute approximate surface area is 146 Å². The molecule has 7 heteroatoms. The molecule has 0 fully saturated rings. The van der Waals surface area contributed by atoms with E-state index in [4.69, 9.17) is 14.9 Å². The normalized spacial score (nSPS) is 11.1. The number of rotatable bonds is 5. The smallest absolute Gasteiger partial charge is 0.313 e. The lowest BCUT2D eigenvalue weighted by Gasteiger charge is -2.09. The molecule has 0 saturated carbocycles. The summed E-state index contributed by atoms with van der Waals surface area (Å²) in [6.45, 7) is 0.356. The third-order valence-corrected chi connectivity index (χ3v) is 3.76. The lowest BCUT2D eigenvalue weighted by atomic mass is 10.2. The van der Waals surface area contributed by atoms with Crippen molar-refractivity contribution in [1.29, 1.82) is 0 Å². The Bertz CT molecular complexity index is 863. The molecule has 24 heavy (non-hydrogen) atoms. The van der Waals surface area contributed by atoms with Gasteiger partial charge in [0.15, 0.2) is 0 Å². The highest BCUT2D eigenvalue weighted by atomic mass is 79.9. The predicted octanol–water partition coefficient (Wildman–Crippen LogP) is 4.30. The Hall–Kier alpha value is -2.67. The zero-order valence-electron chi connectivity index (χ0n) is 12.4. The highest BCUT2D eigenvalue weighted by Gasteiger charge is 2.03. The van der Waals surface area contributed by atoms with E-state index in [1.807, 2.05) is 24.3 Å². The average molecular weight is 390 g/mol. The van der Waals surface area contributed by atoms with E-state index in [1.54, 1.807) is 18.2 Å². The van der Waals surface area contributed by atoms with Crippen molar-refractivity contribution in [2.75, 3.05) is 5.73 Å². The first-order valence-corrected chi connectivity index (χ1v) is 7.83. The molecule has 1 heterocycles. The summed E-state index contributed by atoms with van der Waals surface area (Å²) in [7, 11) is 0. The molecule has 0 saturated heterocycles. The molecule has 3 aromatic rings. The van der Waals surface area contributed by atoms with Crippen molar-refractivity contribution in [3.63, 3.8) is 0 Å². The van der Waals surface area contributed by atoms with E-state index in [0.29, 0.717) is 18.2 Å². The minimum atomic E-state index is -0.265. The molecule has 2 N–H and O–H groups in total. The van der Waals surface area contributed by atoms with Crippen LogP contribution in [0.3, 0.4) is 0 Å². The van der Waals surface area contributed by atoms with Gasteiger partial charge in [-0.25, -0.2) is 4.39 Å². The Morgan fingerprint density at radius 3 is 2.58 bits per heavy atom. The number of nitrogens with zero attached hydrogens (tertiary/aromatic N) is 2. The molecule has 2 aromatic carbocycles. The lowest BCUT2D eigenvalue weighted by Crippen LogP contribution is -1.96. The van der Waals surface area contributed by atoms with E-state index in [2.05, 4.69) is 26.1 Å². The average Bonchev–Trinajstić information content (AvgIpc) is 2.99. The molecule has 0 radical (unpaired) electrons. The van der Waals surface area contributed by atoms with E-state index < -0.39 is 0 Å². The molecule has 0 amide bonds. The highest BCUT2D eigenvalue weighted by molar-refractivity contribution is 9.10. The quantitative estimate of drug-likeness (QED) is 0.703. The summed E-state index contributed by atoms with van der Waals surface area (Å²) in [5.74, 6) is 0.762. The number of benzene rings is 2. The van der Waals surface area contributed by atoms with Crippen molar-refractivity contribution in [2.45, 2.75) is 6.61 Å². The summed E-state index contributed by atoms with van der Waals surface area (Å²) in [6.07, 6.45) is 3.49. The van der Waals surface area contributed by atoms with Crippen molar-refractivity contribution in [2.24, 2.45) is 0 Å². The van der Waals surface area contributed by atoms with Crippen molar-refractivity contribution in [3.8, 4) is 5.75 Å². The van der Waals surface area contributed by atoms with Gasteiger partial charge in [-0.15, -0.1) is 5.10 Å². The van der Waals surface area contributed by atoms with Crippen molar-refractivity contribution in [1.82, 2.24) is 10.2 Å². The van der Waals surface area contributed by atoms with Gasteiger partial charge >= 0.3 is 6.01 Å². The molecule has 0 bridgehead atoms. The monoisotopic (exact) mass is 389 g/mol. The summed E-state index contributed by atoms with van der Waals surface area (Å²) in [6, 6.07) is 11.9. The van der Waals surface area contributed by atoms with Gasteiger partial charge in [0.2, 0.25) is 5.89 Å².